The predicted octanol–water partition coefficient (Wildman–Crippen LogP) is 3.67. The lowest BCUT2D eigenvalue weighted by molar-refractivity contribution is 0.981. The lowest BCUT2D eigenvalue weighted by atomic mass is 10.1. The minimum atomic E-state index is 0.973. The summed E-state index contributed by atoms with van der Waals surface area (Å²) >= 11 is 0. The summed E-state index contributed by atoms with van der Waals surface area (Å²) in [4.78, 5) is 0. The van der Waals surface area contributed by atoms with Crippen LogP contribution in [-0.2, 0) is 0 Å². The minimum Gasteiger partial charge on any atom is -0.160 e. The molecule has 0 bridgehead atoms. The number of hydrogen-bond donors (Lipinski definition) is 0. The third-order valence-electron chi connectivity index (χ3n) is 1.96. The molecule has 0 N–H and O–H groups in total. The van der Waals surface area contributed by atoms with Crippen molar-refractivity contribution in [2.45, 2.75) is 33.6 Å². The van der Waals surface area contributed by atoms with Gasteiger partial charge in [-0.25, -0.2) is 0 Å². The topological polar surface area (TPSA) is 24.7 Å². The zero-order chi connectivity index (χ0) is 11.1. The van der Waals surface area contributed by atoms with Gasteiger partial charge in [-0.1, -0.05) is 43.7 Å². The van der Waals surface area contributed by atoms with E-state index in [1.807, 2.05) is 32.0 Å². The average Bonchev–Trinajstić information content (AvgIpc) is 2.25. The second kappa shape index (κ2) is 6.12. The molecule has 0 aliphatic heterocycles. The molecule has 0 fully saturated rings. The van der Waals surface area contributed by atoms with Gasteiger partial charge in [-0.05, 0) is 25.8 Å². The Morgan fingerprint density at radius 1 is 1.07 bits per heavy atom. The molecule has 0 amide bonds. The molecule has 0 unspecified atom stereocenters. The van der Waals surface area contributed by atoms with E-state index >= 15 is 0 Å². The standard InChI is InChI=1S/C13H18N2/c1-4-8-13(15-14-11(2)3)12-9-6-5-7-10-12/h5-7,9-10H,4,8H2,1-3H3/b15-13+. The molecular formula is C13H18N2. The second-order valence-corrected chi connectivity index (χ2v) is 3.71. The molecule has 0 aliphatic carbocycles. The van der Waals surface area contributed by atoms with Crippen molar-refractivity contribution in [3.63, 3.8) is 0 Å². The Hall–Kier alpha value is -1.44. The number of rotatable bonds is 4. The highest BCUT2D eigenvalue weighted by Crippen LogP contribution is 2.06. The van der Waals surface area contributed by atoms with Gasteiger partial charge in [0.2, 0.25) is 0 Å². The Morgan fingerprint density at radius 2 is 1.73 bits per heavy atom. The van der Waals surface area contributed by atoms with E-state index in [9.17, 15) is 0 Å². The summed E-state index contributed by atoms with van der Waals surface area (Å²) in [5.41, 5.74) is 3.23. The van der Waals surface area contributed by atoms with Crippen LogP contribution in [0.25, 0.3) is 0 Å². The normalized spacial score (nSPS) is 11.3. The highest BCUT2D eigenvalue weighted by atomic mass is 15.2. The molecular weight excluding hydrogens is 184 g/mol. The maximum atomic E-state index is 4.29. The van der Waals surface area contributed by atoms with Crippen molar-refractivity contribution >= 4 is 11.4 Å². The smallest absolute Gasteiger partial charge is 0.0702 e. The molecule has 1 rings (SSSR count). The van der Waals surface area contributed by atoms with Gasteiger partial charge in [0.25, 0.3) is 0 Å². The first kappa shape index (κ1) is 11.6. The van der Waals surface area contributed by atoms with Gasteiger partial charge in [0.15, 0.2) is 0 Å². The van der Waals surface area contributed by atoms with E-state index in [0.717, 1.165) is 24.3 Å². The molecule has 15 heavy (non-hydrogen) atoms. The largest absolute Gasteiger partial charge is 0.160 e. The van der Waals surface area contributed by atoms with E-state index in [0.29, 0.717) is 0 Å². The fourth-order valence-electron chi connectivity index (χ4n) is 1.28. The fraction of sp³-hybridized carbons (Fsp3) is 0.385. The van der Waals surface area contributed by atoms with Gasteiger partial charge in [0.05, 0.1) is 5.71 Å². The van der Waals surface area contributed by atoms with Crippen LogP contribution in [0.15, 0.2) is 40.5 Å². The number of nitrogens with zero attached hydrogens (tertiary/aromatic N) is 2. The van der Waals surface area contributed by atoms with Gasteiger partial charge in [-0.3, -0.25) is 0 Å². The molecule has 0 atom stereocenters. The van der Waals surface area contributed by atoms with Crippen molar-refractivity contribution < 1.29 is 0 Å². The predicted molar refractivity (Wildman–Crippen MR) is 66.7 cm³/mol. The highest BCUT2D eigenvalue weighted by Gasteiger charge is 2.00. The molecule has 0 spiro atoms. The average molecular weight is 202 g/mol. The fourth-order valence-corrected chi connectivity index (χ4v) is 1.28. The molecule has 2 heteroatoms. The van der Waals surface area contributed by atoms with Gasteiger partial charge >= 0.3 is 0 Å². The summed E-state index contributed by atoms with van der Waals surface area (Å²) in [6, 6.07) is 10.2. The van der Waals surface area contributed by atoms with Crippen LogP contribution in [0.5, 0.6) is 0 Å². The van der Waals surface area contributed by atoms with E-state index in [-0.39, 0.29) is 0 Å². The molecule has 0 aliphatic rings. The number of benzene rings is 1. The minimum absolute atomic E-state index is 0.973. The van der Waals surface area contributed by atoms with Crippen LogP contribution in [-0.4, -0.2) is 11.4 Å². The first-order valence-electron chi connectivity index (χ1n) is 5.37. The summed E-state index contributed by atoms with van der Waals surface area (Å²) in [5, 5.41) is 8.41. The van der Waals surface area contributed by atoms with E-state index in [1.165, 1.54) is 5.56 Å². The molecule has 1 aromatic carbocycles. The van der Waals surface area contributed by atoms with Crippen molar-refractivity contribution in [3.8, 4) is 0 Å². The lowest BCUT2D eigenvalue weighted by Gasteiger charge is -2.02. The Labute approximate surface area is 91.7 Å². The Bertz CT molecular complexity index is 346. The molecule has 2 nitrogen and oxygen atoms in total. The van der Waals surface area contributed by atoms with Crippen molar-refractivity contribution in [2.24, 2.45) is 10.2 Å². The van der Waals surface area contributed by atoms with Crippen LogP contribution >= 0.6 is 0 Å². The van der Waals surface area contributed by atoms with Crippen LogP contribution in [0.4, 0.5) is 0 Å². The van der Waals surface area contributed by atoms with Gasteiger partial charge in [-0.15, -0.1) is 0 Å². The number of hydrogen-bond acceptors (Lipinski definition) is 2. The molecule has 0 radical (unpaired) electrons. The molecule has 0 heterocycles. The van der Waals surface area contributed by atoms with E-state index in [2.05, 4.69) is 29.3 Å². The molecule has 1 aromatic rings. The summed E-state index contributed by atoms with van der Waals surface area (Å²) in [7, 11) is 0. The first-order chi connectivity index (χ1) is 7.24. The summed E-state index contributed by atoms with van der Waals surface area (Å²) in [6.07, 6.45) is 2.06. The lowest BCUT2D eigenvalue weighted by Crippen LogP contribution is -1.99. The van der Waals surface area contributed by atoms with Crippen molar-refractivity contribution in [2.75, 3.05) is 0 Å². The summed E-state index contributed by atoms with van der Waals surface area (Å²) in [5.74, 6) is 0. The van der Waals surface area contributed by atoms with Gasteiger partial charge in [0.1, 0.15) is 0 Å². The van der Waals surface area contributed by atoms with E-state index in [4.69, 9.17) is 0 Å². The highest BCUT2D eigenvalue weighted by molar-refractivity contribution is 6.00. The van der Waals surface area contributed by atoms with Crippen LogP contribution in [0.1, 0.15) is 39.2 Å². The van der Waals surface area contributed by atoms with Crippen molar-refractivity contribution in [1.29, 1.82) is 0 Å². The monoisotopic (exact) mass is 202 g/mol. The Kier molecular flexibility index (Phi) is 4.75. The van der Waals surface area contributed by atoms with Crippen molar-refractivity contribution in [3.05, 3.63) is 35.9 Å². The maximum Gasteiger partial charge on any atom is 0.0702 e. The summed E-state index contributed by atoms with van der Waals surface area (Å²) in [6.45, 7) is 6.07. The van der Waals surface area contributed by atoms with E-state index in [1.54, 1.807) is 0 Å². The van der Waals surface area contributed by atoms with Gasteiger partial charge in [-0.2, -0.15) is 10.2 Å². The maximum absolute atomic E-state index is 4.29. The second-order valence-electron chi connectivity index (χ2n) is 3.71. The first-order valence-corrected chi connectivity index (χ1v) is 5.37. The zero-order valence-corrected chi connectivity index (χ0v) is 9.70. The van der Waals surface area contributed by atoms with Gasteiger partial charge < -0.3 is 0 Å². The summed E-state index contributed by atoms with van der Waals surface area (Å²) < 4.78 is 0. The zero-order valence-electron chi connectivity index (χ0n) is 9.70. The SMILES string of the molecule is CCC/C(=N\N=C(C)C)c1ccccc1. The van der Waals surface area contributed by atoms with Crippen LogP contribution in [0.2, 0.25) is 0 Å². The third kappa shape index (κ3) is 4.07. The molecule has 0 aromatic heterocycles. The van der Waals surface area contributed by atoms with Crippen LogP contribution in [0, 0.1) is 0 Å². The van der Waals surface area contributed by atoms with Crippen LogP contribution < -0.4 is 0 Å². The molecule has 80 valence electrons. The molecule has 0 saturated carbocycles. The van der Waals surface area contributed by atoms with Crippen molar-refractivity contribution in [1.82, 2.24) is 0 Å². The Morgan fingerprint density at radius 3 is 2.27 bits per heavy atom. The molecule has 0 saturated heterocycles. The quantitative estimate of drug-likeness (QED) is 0.525. The van der Waals surface area contributed by atoms with Gasteiger partial charge in [0, 0.05) is 5.71 Å². The third-order valence-corrected chi connectivity index (χ3v) is 1.96. The van der Waals surface area contributed by atoms with E-state index < -0.39 is 0 Å². The van der Waals surface area contributed by atoms with Crippen LogP contribution in [0.3, 0.4) is 0 Å². The Balaban J connectivity index is 2.93.